The summed E-state index contributed by atoms with van der Waals surface area (Å²) in [6.07, 6.45) is 0.791. The van der Waals surface area contributed by atoms with Crippen molar-refractivity contribution < 1.29 is 14.4 Å². The van der Waals surface area contributed by atoms with Crippen molar-refractivity contribution in [1.82, 2.24) is 10.4 Å². The summed E-state index contributed by atoms with van der Waals surface area (Å²) < 4.78 is 0. The van der Waals surface area contributed by atoms with Crippen LogP contribution < -0.4 is 5.32 Å². The van der Waals surface area contributed by atoms with Gasteiger partial charge in [-0.2, -0.15) is 5.06 Å². The van der Waals surface area contributed by atoms with Gasteiger partial charge in [-0.3, -0.25) is 9.59 Å². The molecule has 1 aromatic rings. The van der Waals surface area contributed by atoms with Crippen LogP contribution in [0, 0.1) is 25.7 Å². The molecule has 0 aromatic heterocycles. The summed E-state index contributed by atoms with van der Waals surface area (Å²) in [5, 5.41) is 7.68. The highest BCUT2D eigenvalue weighted by Crippen LogP contribution is 2.44. The number of hydrogen-bond acceptors (Lipinski definition) is 6. The number of carbonyl (C=O) groups excluding carboxylic acids is 2. The van der Waals surface area contributed by atoms with Crippen LogP contribution in [-0.4, -0.2) is 42.5 Å². The van der Waals surface area contributed by atoms with Crippen LogP contribution in [0.4, 0.5) is 0 Å². The minimum absolute atomic E-state index is 0.395. The van der Waals surface area contributed by atoms with Gasteiger partial charge in [-0.25, -0.2) is 0 Å². The lowest BCUT2D eigenvalue weighted by Crippen LogP contribution is -2.55. The molecule has 1 aromatic carbocycles. The third-order valence-corrected chi connectivity index (χ3v) is 5.45. The SMILES string of the molecule is CON1CCC2(CC1)NC(=O)C(N=O)(c1c(C)cc(C)cc1C)C2=O. The number of carbonyl (C=O) groups is 2. The van der Waals surface area contributed by atoms with Crippen molar-refractivity contribution in [3.8, 4) is 0 Å². The zero-order chi connectivity index (χ0) is 18.4. The lowest BCUT2D eigenvalue weighted by Gasteiger charge is -2.36. The average molecular weight is 345 g/mol. The molecule has 2 aliphatic rings. The molecule has 0 radical (unpaired) electrons. The summed E-state index contributed by atoms with van der Waals surface area (Å²) in [5.41, 5.74) is -0.171. The maximum Gasteiger partial charge on any atom is 0.265 e. The van der Waals surface area contributed by atoms with E-state index in [4.69, 9.17) is 4.84 Å². The molecule has 0 saturated carbocycles. The number of Topliss-reactive ketones (excluding diaryl/α,β-unsaturated/α-hetero) is 1. The van der Waals surface area contributed by atoms with E-state index in [1.165, 1.54) is 0 Å². The zero-order valence-corrected chi connectivity index (χ0v) is 15.0. The molecule has 1 spiro atoms. The van der Waals surface area contributed by atoms with Gasteiger partial charge in [-0.15, -0.1) is 4.91 Å². The molecule has 1 amide bonds. The number of piperidine rings is 1. The number of nitrogens with one attached hydrogen (secondary N) is 1. The molecule has 7 nitrogen and oxygen atoms in total. The van der Waals surface area contributed by atoms with Crippen molar-refractivity contribution >= 4 is 11.7 Å². The number of benzene rings is 1. The Kier molecular flexibility index (Phi) is 4.25. The summed E-state index contributed by atoms with van der Waals surface area (Å²) in [6.45, 7) is 6.55. The number of ketones is 1. The van der Waals surface area contributed by atoms with Gasteiger partial charge in [-0.05, 0) is 49.9 Å². The highest BCUT2D eigenvalue weighted by molar-refractivity contribution is 6.21. The van der Waals surface area contributed by atoms with Crippen molar-refractivity contribution in [2.75, 3.05) is 20.2 Å². The molecule has 25 heavy (non-hydrogen) atoms. The van der Waals surface area contributed by atoms with E-state index in [2.05, 4.69) is 10.5 Å². The summed E-state index contributed by atoms with van der Waals surface area (Å²) in [5.74, 6) is -1.06. The van der Waals surface area contributed by atoms with Gasteiger partial charge in [0.25, 0.3) is 11.4 Å². The first-order chi connectivity index (χ1) is 11.8. The van der Waals surface area contributed by atoms with Gasteiger partial charge in [0.15, 0.2) is 0 Å². The Morgan fingerprint density at radius 3 is 2.16 bits per heavy atom. The fourth-order valence-corrected chi connectivity index (χ4v) is 4.32. The second-order valence-electron chi connectivity index (χ2n) is 7.05. The van der Waals surface area contributed by atoms with E-state index >= 15 is 0 Å². The van der Waals surface area contributed by atoms with E-state index in [1.54, 1.807) is 26.0 Å². The Labute approximate surface area is 146 Å². The van der Waals surface area contributed by atoms with E-state index in [0.29, 0.717) is 31.5 Å². The largest absolute Gasteiger partial charge is 0.340 e. The molecule has 0 bridgehead atoms. The standard InChI is InChI=1S/C18H23N3O4/c1-11-9-12(2)14(13(3)10-11)18(20-24)15(22)17(19-16(18)23)5-7-21(25-4)8-6-17/h9-10H,5-8H2,1-4H3,(H,19,23). The quantitative estimate of drug-likeness (QED) is 0.665. The molecule has 1 atom stereocenters. The monoisotopic (exact) mass is 345 g/mol. The Bertz CT molecular complexity index is 730. The Balaban J connectivity index is 2.10. The van der Waals surface area contributed by atoms with Gasteiger partial charge in [0, 0.05) is 18.7 Å². The molecule has 2 heterocycles. The molecule has 0 aliphatic carbocycles. The average Bonchev–Trinajstić information content (AvgIpc) is 2.76. The Morgan fingerprint density at radius 2 is 1.68 bits per heavy atom. The summed E-state index contributed by atoms with van der Waals surface area (Å²) >= 11 is 0. The first-order valence-electron chi connectivity index (χ1n) is 8.40. The van der Waals surface area contributed by atoms with Gasteiger partial charge >= 0.3 is 0 Å². The lowest BCUT2D eigenvalue weighted by atomic mass is 9.74. The number of nitrogens with zero attached hydrogens (tertiary/aromatic N) is 2. The maximum atomic E-state index is 13.4. The minimum atomic E-state index is -2.00. The number of hydrogen-bond donors (Lipinski definition) is 1. The summed E-state index contributed by atoms with van der Waals surface area (Å²) in [6, 6.07) is 3.74. The molecule has 1 N–H and O–H groups in total. The van der Waals surface area contributed by atoms with Crippen molar-refractivity contribution in [2.45, 2.75) is 44.7 Å². The molecule has 2 saturated heterocycles. The van der Waals surface area contributed by atoms with Crippen molar-refractivity contribution in [1.29, 1.82) is 0 Å². The smallest absolute Gasteiger partial charge is 0.265 e. The van der Waals surface area contributed by atoms with Gasteiger partial charge in [0.05, 0.1) is 7.11 Å². The maximum absolute atomic E-state index is 13.4. The van der Waals surface area contributed by atoms with Crippen LogP contribution in [0.25, 0.3) is 0 Å². The van der Waals surface area contributed by atoms with E-state index < -0.39 is 22.8 Å². The number of aryl methyl sites for hydroxylation is 3. The van der Waals surface area contributed by atoms with Crippen LogP contribution in [0.3, 0.4) is 0 Å². The predicted octanol–water partition coefficient (Wildman–Crippen LogP) is 1.67. The first-order valence-corrected chi connectivity index (χ1v) is 8.40. The van der Waals surface area contributed by atoms with Crippen LogP contribution in [-0.2, 0) is 20.0 Å². The van der Waals surface area contributed by atoms with Crippen LogP contribution in [0.1, 0.15) is 35.1 Å². The molecule has 3 rings (SSSR count). The Hall–Kier alpha value is -2.12. The summed E-state index contributed by atoms with van der Waals surface area (Å²) in [4.78, 5) is 43.4. The lowest BCUT2D eigenvalue weighted by molar-refractivity contribution is -0.157. The Morgan fingerprint density at radius 1 is 1.12 bits per heavy atom. The number of hydroxylamine groups is 2. The van der Waals surface area contributed by atoms with Crippen LogP contribution in [0.2, 0.25) is 0 Å². The van der Waals surface area contributed by atoms with Crippen LogP contribution in [0.5, 0.6) is 0 Å². The molecular formula is C18H23N3O4. The van der Waals surface area contributed by atoms with E-state index in [-0.39, 0.29) is 0 Å². The van der Waals surface area contributed by atoms with Gasteiger partial charge < -0.3 is 10.2 Å². The van der Waals surface area contributed by atoms with E-state index in [1.807, 2.05) is 19.1 Å². The third-order valence-electron chi connectivity index (χ3n) is 5.45. The zero-order valence-electron chi connectivity index (χ0n) is 15.0. The third kappa shape index (κ3) is 2.41. The topological polar surface area (TPSA) is 88.1 Å². The van der Waals surface area contributed by atoms with Crippen molar-refractivity contribution in [2.24, 2.45) is 5.18 Å². The fraction of sp³-hybridized carbons (Fsp3) is 0.556. The predicted molar refractivity (Wildman–Crippen MR) is 91.8 cm³/mol. The number of amides is 1. The highest BCUT2D eigenvalue weighted by Gasteiger charge is 2.66. The molecule has 2 fully saturated rings. The normalized spacial score (nSPS) is 26.1. The van der Waals surface area contributed by atoms with Gasteiger partial charge in [0.1, 0.15) is 5.54 Å². The van der Waals surface area contributed by atoms with Crippen molar-refractivity contribution in [3.05, 3.63) is 39.3 Å². The highest BCUT2D eigenvalue weighted by atomic mass is 16.7. The van der Waals surface area contributed by atoms with E-state index in [0.717, 1.165) is 16.7 Å². The fourth-order valence-electron chi connectivity index (χ4n) is 4.32. The molecule has 2 aliphatic heterocycles. The van der Waals surface area contributed by atoms with Gasteiger partial charge in [-0.1, -0.05) is 17.7 Å². The van der Waals surface area contributed by atoms with E-state index in [9.17, 15) is 14.5 Å². The van der Waals surface area contributed by atoms with Crippen molar-refractivity contribution in [3.63, 3.8) is 0 Å². The summed E-state index contributed by atoms with van der Waals surface area (Å²) in [7, 11) is 1.57. The molecule has 1 unspecified atom stereocenters. The first kappa shape index (κ1) is 17.7. The number of rotatable bonds is 3. The molecular weight excluding hydrogens is 322 g/mol. The second-order valence-corrected chi connectivity index (χ2v) is 7.05. The second kappa shape index (κ2) is 6.00. The molecule has 7 heteroatoms. The van der Waals surface area contributed by atoms with Crippen LogP contribution in [0.15, 0.2) is 17.3 Å². The van der Waals surface area contributed by atoms with Crippen LogP contribution >= 0.6 is 0 Å². The van der Waals surface area contributed by atoms with Gasteiger partial charge in [0.2, 0.25) is 5.78 Å². The number of nitroso groups, excluding NO2 is 1. The minimum Gasteiger partial charge on any atom is -0.340 e. The molecule has 134 valence electrons.